The summed E-state index contributed by atoms with van der Waals surface area (Å²) in [5.74, 6) is -0.365. The van der Waals surface area contributed by atoms with Crippen molar-refractivity contribution in [1.82, 2.24) is 0 Å². The molecule has 5 atom stereocenters. The Labute approximate surface area is 144 Å². The van der Waals surface area contributed by atoms with E-state index in [1.807, 2.05) is 0 Å². The van der Waals surface area contributed by atoms with E-state index in [-0.39, 0.29) is 35.6 Å². The first-order chi connectivity index (χ1) is 11.3. The summed E-state index contributed by atoms with van der Waals surface area (Å²) in [7, 11) is 0. The normalized spacial score (nSPS) is 42.3. The molecule has 0 bridgehead atoms. The number of hydrogen-bond donors (Lipinski definition) is 2. The van der Waals surface area contributed by atoms with Crippen molar-refractivity contribution in [2.75, 3.05) is 6.61 Å². The summed E-state index contributed by atoms with van der Waals surface area (Å²) in [5, 5.41) is 19.8. The highest BCUT2D eigenvalue weighted by atomic mass is 16.4. The third-order valence-corrected chi connectivity index (χ3v) is 7.45. The fourth-order valence-corrected chi connectivity index (χ4v) is 5.96. The van der Waals surface area contributed by atoms with Gasteiger partial charge in [-0.2, -0.15) is 0 Å². The van der Waals surface area contributed by atoms with Crippen LogP contribution in [0.2, 0.25) is 0 Å². The van der Waals surface area contributed by atoms with Gasteiger partial charge < -0.3 is 10.2 Å². The molecule has 0 saturated heterocycles. The summed E-state index contributed by atoms with van der Waals surface area (Å²) >= 11 is 0. The molecule has 134 valence electrons. The molecule has 3 rings (SSSR count). The van der Waals surface area contributed by atoms with Crippen LogP contribution in [0.25, 0.3) is 0 Å². The van der Waals surface area contributed by atoms with Gasteiger partial charge in [0.15, 0.2) is 0 Å². The van der Waals surface area contributed by atoms with E-state index in [1.54, 1.807) is 0 Å². The van der Waals surface area contributed by atoms with Gasteiger partial charge >= 0.3 is 5.97 Å². The number of allylic oxidation sites excluding steroid dienone is 2. The topological polar surface area (TPSA) is 74.6 Å². The third-order valence-electron chi connectivity index (χ3n) is 7.45. The van der Waals surface area contributed by atoms with Gasteiger partial charge in [-0.05, 0) is 48.9 Å². The predicted octanol–water partition coefficient (Wildman–Crippen LogP) is 3.44. The van der Waals surface area contributed by atoms with Crippen molar-refractivity contribution in [3.05, 3.63) is 11.6 Å². The molecule has 0 amide bonds. The molecule has 0 radical (unpaired) electrons. The van der Waals surface area contributed by atoms with Gasteiger partial charge in [0.1, 0.15) is 5.78 Å². The molecular formula is C20H30O4. The van der Waals surface area contributed by atoms with Gasteiger partial charge in [0.05, 0.1) is 12.0 Å². The molecule has 3 aliphatic carbocycles. The lowest BCUT2D eigenvalue weighted by molar-refractivity contribution is -0.180. The molecule has 0 heterocycles. The maximum atomic E-state index is 12.9. The number of aliphatic carboxylic acids is 1. The van der Waals surface area contributed by atoms with Crippen molar-refractivity contribution in [1.29, 1.82) is 0 Å². The second kappa shape index (κ2) is 5.98. The zero-order valence-electron chi connectivity index (χ0n) is 15.0. The maximum Gasteiger partial charge on any atom is 0.312 e. The highest BCUT2D eigenvalue weighted by Crippen LogP contribution is 2.62. The Hall–Kier alpha value is -1.16. The van der Waals surface area contributed by atoms with E-state index in [0.29, 0.717) is 18.8 Å². The second-order valence-electron chi connectivity index (χ2n) is 8.77. The van der Waals surface area contributed by atoms with Gasteiger partial charge in [-0.15, -0.1) is 0 Å². The van der Waals surface area contributed by atoms with Crippen LogP contribution in [-0.2, 0) is 9.59 Å². The Morgan fingerprint density at radius 1 is 1.38 bits per heavy atom. The molecular weight excluding hydrogens is 304 g/mol. The van der Waals surface area contributed by atoms with Gasteiger partial charge in [0.2, 0.25) is 0 Å². The number of carbonyl (C=O) groups is 2. The average molecular weight is 334 g/mol. The molecule has 0 aliphatic heterocycles. The lowest BCUT2D eigenvalue weighted by Gasteiger charge is -2.59. The Morgan fingerprint density at radius 2 is 2.08 bits per heavy atom. The Kier molecular flexibility index (Phi) is 4.40. The lowest BCUT2D eigenvalue weighted by Crippen LogP contribution is -2.59. The Morgan fingerprint density at radius 3 is 2.67 bits per heavy atom. The minimum absolute atomic E-state index is 0.0549. The molecule has 4 heteroatoms. The minimum Gasteiger partial charge on any atom is -0.481 e. The van der Waals surface area contributed by atoms with E-state index in [2.05, 4.69) is 26.8 Å². The average Bonchev–Trinajstić information content (AvgIpc) is 2.55. The van der Waals surface area contributed by atoms with E-state index >= 15 is 0 Å². The molecule has 2 N–H and O–H groups in total. The van der Waals surface area contributed by atoms with E-state index in [0.717, 1.165) is 25.7 Å². The third kappa shape index (κ3) is 2.37. The number of aliphatic hydroxyl groups excluding tert-OH is 1. The SMILES string of the molecule is CC(C)C1=CC2C(=O)CC3C(CO)(C(=O)O)CCCC3(C)C2CC1. The van der Waals surface area contributed by atoms with Crippen molar-refractivity contribution in [2.24, 2.45) is 34.5 Å². The first-order valence-electron chi connectivity index (χ1n) is 9.34. The number of carboxylic acid groups (broad SMARTS) is 1. The van der Waals surface area contributed by atoms with Crippen molar-refractivity contribution >= 4 is 11.8 Å². The summed E-state index contributed by atoms with van der Waals surface area (Å²) in [6, 6.07) is 0. The molecule has 0 aromatic heterocycles. The molecule has 0 aromatic rings. The number of carboxylic acids is 1. The number of Topliss-reactive ketones (excluding diaryl/α,β-unsaturated/α-hetero) is 1. The van der Waals surface area contributed by atoms with Crippen LogP contribution in [0.15, 0.2) is 11.6 Å². The van der Waals surface area contributed by atoms with Crippen LogP contribution in [-0.4, -0.2) is 28.6 Å². The van der Waals surface area contributed by atoms with E-state index in [9.17, 15) is 19.8 Å². The molecule has 2 fully saturated rings. The van der Waals surface area contributed by atoms with Gasteiger partial charge in [0.25, 0.3) is 0 Å². The second-order valence-corrected chi connectivity index (χ2v) is 8.77. The number of ketones is 1. The molecule has 3 aliphatic rings. The Bertz CT molecular complexity index is 578. The first kappa shape index (κ1) is 17.7. The van der Waals surface area contributed by atoms with Crippen molar-refractivity contribution in [2.45, 2.75) is 59.3 Å². The fraction of sp³-hybridized carbons (Fsp3) is 0.800. The van der Waals surface area contributed by atoms with Crippen LogP contribution in [0, 0.1) is 34.5 Å². The quantitative estimate of drug-likeness (QED) is 0.775. The van der Waals surface area contributed by atoms with Gasteiger partial charge in [0, 0.05) is 12.3 Å². The molecule has 2 saturated carbocycles. The smallest absolute Gasteiger partial charge is 0.312 e. The molecule has 0 spiro atoms. The molecule has 5 unspecified atom stereocenters. The van der Waals surface area contributed by atoms with E-state index in [4.69, 9.17) is 0 Å². The number of hydrogen-bond acceptors (Lipinski definition) is 3. The summed E-state index contributed by atoms with van der Waals surface area (Å²) in [5.41, 5.74) is 0.0567. The molecule has 24 heavy (non-hydrogen) atoms. The number of rotatable bonds is 3. The van der Waals surface area contributed by atoms with Gasteiger partial charge in [-0.25, -0.2) is 0 Å². The molecule has 4 nitrogen and oxygen atoms in total. The highest BCUT2D eigenvalue weighted by Gasteiger charge is 2.62. The van der Waals surface area contributed by atoms with Crippen LogP contribution < -0.4 is 0 Å². The van der Waals surface area contributed by atoms with Crippen LogP contribution in [0.1, 0.15) is 59.3 Å². The van der Waals surface area contributed by atoms with Crippen molar-refractivity contribution in [3.63, 3.8) is 0 Å². The Balaban J connectivity index is 2.02. The van der Waals surface area contributed by atoms with Crippen LogP contribution in [0.4, 0.5) is 0 Å². The van der Waals surface area contributed by atoms with Gasteiger partial charge in [-0.1, -0.05) is 38.8 Å². The van der Waals surface area contributed by atoms with Crippen LogP contribution in [0.5, 0.6) is 0 Å². The van der Waals surface area contributed by atoms with E-state index < -0.39 is 11.4 Å². The largest absolute Gasteiger partial charge is 0.481 e. The first-order valence-corrected chi connectivity index (χ1v) is 9.34. The number of carbonyl (C=O) groups excluding carboxylic acids is 1. The zero-order valence-corrected chi connectivity index (χ0v) is 15.0. The summed E-state index contributed by atoms with van der Waals surface area (Å²) in [4.78, 5) is 24.9. The van der Waals surface area contributed by atoms with Crippen molar-refractivity contribution < 1.29 is 19.8 Å². The van der Waals surface area contributed by atoms with Gasteiger partial charge in [-0.3, -0.25) is 9.59 Å². The van der Waals surface area contributed by atoms with Crippen LogP contribution >= 0.6 is 0 Å². The summed E-state index contributed by atoms with van der Waals surface area (Å²) in [6.45, 7) is 6.17. The predicted molar refractivity (Wildman–Crippen MR) is 91.4 cm³/mol. The number of fused-ring (bicyclic) bond motifs is 3. The molecule has 0 aromatic carbocycles. The zero-order chi connectivity index (χ0) is 17.7. The summed E-state index contributed by atoms with van der Waals surface area (Å²) < 4.78 is 0. The number of aliphatic hydroxyl groups is 1. The highest BCUT2D eigenvalue weighted by molar-refractivity contribution is 5.86. The fourth-order valence-electron chi connectivity index (χ4n) is 5.96. The van der Waals surface area contributed by atoms with E-state index in [1.165, 1.54) is 5.57 Å². The van der Waals surface area contributed by atoms with Crippen molar-refractivity contribution in [3.8, 4) is 0 Å². The lowest BCUT2D eigenvalue weighted by atomic mass is 9.44. The minimum atomic E-state index is -1.14. The monoisotopic (exact) mass is 334 g/mol. The maximum absolute atomic E-state index is 12.9. The van der Waals surface area contributed by atoms with Crippen LogP contribution in [0.3, 0.4) is 0 Å². The standard InChI is InChI=1S/C20H30O4/c1-12(2)13-5-6-15-14(9-13)16(22)10-17-19(15,3)7-4-8-20(17,11-21)18(23)24/h9,12,14-15,17,21H,4-8,10-11H2,1-3H3,(H,23,24). The summed E-state index contributed by atoms with van der Waals surface area (Å²) in [6.07, 6.45) is 6.73.